The zero-order valence-electron chi connectivity index (χ0n) is 12.7. The molecular weight excluding hydrogens is 264 g/mol. The normalized spacial score (nSPS) is 22.2. The van der Waals surface area contributed by atoms with Crippen LogP contribution in [0.2, 0.25) is 0 Å². The molecule has 4 nitrogen and oxygen atoms in total. The second-order valence-corrected chi connectivity index (χ2v) is 6.15. The van der Waals surface area contributed by atoms with Crippen molar-refractivity contribution < 1.29 is 9.53 Å². The van der Waals surface area contributed by atoms with E-state index in [0.29, 0.717) is 12.6 Å². The average molecular weight is 288 g/mol. The summed E-state index contributed by atoms with van der Waals surface area (Å²) in [4.78, 5) is 14.3. The van der Waals surface area contributed by atoms with Crippen LogP contribution in [-0.4, -0.2) is 37.6 Å². The van der Waals surface area contributed by atoms with Crippen molar-refractivity contribution >= 4 is 5.91 Å². The van der Waals surface area contributed by atoms with Crippen LogP contribution in [0.4, 0.5) is 0 Å². The zero-order chi connectivity index (χ0) is 14.7. The number of carbonyl (C=O) groups excluding carboxylic acids is 1. The molecule has 0 radical (unpaired) electrons. The van der Waals surface area contributed by atoms with Crippen LogP contribution in [0.1, 0.15) is 37.3 Å². The highest BCUT2D eigenvalue weighted by molar-refractivity contribution is 5.78. The predicted octanol–water partition coefficient (Wildman–Crippen LogP) is 2.36. The largest absolute Gasteiger partial charge is 0.497 e. The van der Waals surface area contributed by atoms with E-state index >= 15 is 0 Å². The highest BCUT2D eigenvalue weighted by Crippen LogP contribution is 2.32. The number of rotatable bonds is 6. The van der Waals surface area contributed by atoms with Gasteiger partial charge in [-0.2, -0.15) is 0 Å². The Bertz CT molecular complexity index is 482. The fourth-order valence-corrected chi connectivity index (χ4v) is 3.04. The maximum Gasteiger partial charge on any atom is 0.234 e. The molecule has 0 aromatic heterocycles. The first-order valence-electron chi connectivity index (χ1n) is 7.91. The monoisotopic (exact) mass is 288 g/mol. The minimum absolute atomic E-state index is 0.169. The summed E-state index contributed by atoms with van der Waals surface area (Å²) in [7, 11) is 1.68. The molecule has 1 unspecified atom stereocenters. The van der Waals surface area contributed by atoms with E-state index in [0.717, 1.165) is 37.6 Å². The average Bonchev–Trinajstić information content (AvgIpc) is 3.24. The van der Waals surface area contributed by atoms with Crippen molar-refractivity contribution in [1.82, 2.24) is 10.2 Å². The molecule has 2 fully saturated rings. The second-order valence-electron chi connectivity index (χ2n) is 6.15. The smallest absolute Gasteiger partial charge is 0.234 e. The van der Waals surface area contributed by atoms with Gasteiger partial charge in [-0.3, -0.25) is 9.69 Å². The van der Waals surface area contributed by atoms with Crippen molar-refractivity contribution in [3.8, 4) is 5.75 Å². The molecule has 1 atom stereocenters. The summed E-state index contributed by atoms with van der Waals surface area (Å²) in [5, 5.41) is 3.06. The SMILES string of the molecule is COc1ccc(C2CCCN2CC(=O)NCC2CC2)cc1. The molecule has 4 heteroatoms. The first kappa shape index (κ1) is 14.4. The summed E-state index contributed by atoms with van der Waals surface area (Å²) in [6, 6.07) is 8.59. The van der Waals surface area contributed by atoms with Gasteiger partial charge in [0.25, 0.3) is 0 Å². The Morgan fingerprint density at radius 3 is 2.71 bits per heavy atom. The van der Waals surface area contributed by atoms with Crippen LogP contribution in [0.3, 0.4) is 0 Å². The second kappa shape index (κ2) is 6.48. The molecule has 1 saturated carbocycles. The van der Waals surface area contributed by atoms with Gasteiger partial charge in [-0.05, 0) is 55.8 Å². The summed E-state index contributed by atoms with van der Waals surface area (Å²) in [6.45, 7) is 2.39. The minimum atomic E-state index is 0.169. The number of methoxy groups -OCH3 is 1. The van der Waals surface area contributed by atoms with E-state index in [-0.39, 0.29) is 5.91 Å². The van der Waals surface area contributed by atoms with Gasteiger partial charge in [0.2, 0.25) is 5.91 Å². The third kappa shape index (κ3) is 3.76. The fraction of sp³-hybridized carbons (Fsp3) is 0.588. The Labute approximate surface area is 126 Å². The van der Waals surface area contributed by atoms with E-state index in [1.54, 1.807) is 7.11 Å². The van der Waals surface area contributed by atoms with Crippen LogP contribution < -0.4 is 10.1 Å². The number of carbonyl (C=O) groups is 1. The molecule has 2 aliphatic rings. The number of nitrogens with zero attached hydrogens (tertiary/aromatic N) is 1. The molecule has 1 N–H and O–H groups in total. The summed E-state index contributed by atoms with van der Waals surface area (Å²) >= 11 is 0. The Balaban J connectivity index is 1.57. The molecule has 1 amide bonds. The number of amides is 1. The Morgan fingerprint density at radius 1 is 1.29 bits per heavy atom. The summed E-state index contributed by atoms with van der Waals surface area (Å²) in [6.07, 6.45) is 4.84. The maximum atomic E-state index is 12.0. The van der Waals surface area contributed by atoms with Crippen LogP contribution in [0.5, 0.6) is 5.75 Å². The van der Waals surface area contributed by atoms with Crippen molar-refractivity contribution in [2.24, 2.45) is 5.92 Å². The molecule has 1 saturated heterocycles. The topological polar surface area (TPSA) is 41.6 Å². The van der Waals surface area contributed by atoms with E-state index in [2.05, 4.69) is 22.3 Å². The molecule has 1 heterocycles. The van der Waals surface area contributed by atoms with Gasteiger partial charge in [0, 0.05) is 12.6 Å². The quantitative estimate of drug-likeness (QED) is 0.873. The first-order valence-corrected chi connectivity index (χ1v) is 7.91. The Morgan fingerprint density at radius 2 is 2.05 bits per heavy atom. The lowest BCUT2D eigenvalue weighted by Gasteiger charge is -2.24. The van der Waals surface area contributed by atoms with Crippen molar-refractivity contribution in [3.05, 3.63) is 29.8 Å². The summed E-state index contributed by atoms with van der Waals surface area (Å²) < 4.78 is 5.21. The third-order valence-electron chi connectivity index (χ3n) is 4.50. The minimum Gasteiger partial charge on any atom is -0.497 e. The van der Waals surface area contributed by atoms with Crippen molar-refractivity contribution in [2.75, 3.05) is 26.7 Å². The highest BCUT2D eigenvalue weighted by atomic mass is 16.5. The molecule has 3 rings (SSSR count). The van der Waals surface area contributed by atoms with Gasteiger partial charge >= 0.3 is 0 Å². The molecule has 1 aromatic carbocycles. The van der Waals surface area contributed by atoms with Gasteiger partial charge in [-0.15, -0.1) is 0 Å². The van der Waals surface area contributed by atoms with Gasteiger partial charge in [0.05, 0.1) is 13.7 Å². The van der Waals surface area contributed by atoms with Crippen LogP contribution in [0, 0.1) is 5.92 Å². The molecule has 0 spiro atoms. The lowest BCUT2D eigenvalue weighted by atomic mass is 10.0. The lowest BCUT2D eigenvalue weighted by Crippen LogP contribution is -2.37. The van der Waals surface area contributed by atoms with Gasteiger partial charge in [-0.25, -0.2) is 0 Å². The van der Waals surface area contributed by atoms with E-state index < -0.39 is 0 Å². The van der Waals surface area contributed by atoms with E-state index in [1.165, 1.54) is 18.4 Å². The third-order valence-corrected chi connectivity index (χ3v) is 4.50. The number of nitrogens with one attached hydrogen (secondary N) is 1. The Hall–Kier alpha value is -1.55. The first-order chi connectivity index (χ1) is 10.3. The zero-order valence-corrected chi connectivity index (χ0v) is 12.7. The maximum absolute atomic E-state index is 12.0. The molecule has 114 valence electrons. The van der Waals surface area contributed by atoms with Crippen molar-refractivity contribution in [3.63, 3.8) is 0 Å². The predicted molar refractivity (Wildman–Crippen MR) is 82.3 cm³/mol. The van der Waals surface area contributed by atoms with E-state index in [1.807, 2.05) is 12.1 Å². The van der Waals surface area contributed by atoms with E-state index in [9.17, 15) is 4.79 Å². The molecule has 1 aromatic rings. The van der Waals surface area contributed by atoms with Gasteiger partial charge in [0.15, 0.2) is 0 Å². The highest BCUT2D eigenvalue weighted by Gasteiger charge is 2.28. The summed E-state index contributed by atoms with van der Waals surface area (Å²) in [5.41, 5.74) is 1.28. The van der Waals surface area contributed by atoms with Crippen LogP contribution in [0.25, 0.3) is 0 Å². The van der Waals surface area contributed by atoms with Gasteiger partial charge in [0.1, 0.15) is 5.75 Å². The van der Waals surface area contributed by atoms with Gasteiger partial charge in [-0.1, -0.05) is 12.1 Å². The van der Waals surface area contributed by atoms with Crippen LogP contribution in [0.15, 0.2) is 24.3 Å². The fourth-order valence-electron chi connectivity index (χ4n) is 3.04. The van der Waals surface area contributed by atoms with Crippen molar-refractivity contribution in [1.29, 1.82) is 0 Å². The Kier molecular flexibility index (Phi) is 4.44. The standard InChI is InChI=1S/C17H24N2O2/c1-21-15-8-6-14(7-9-15)16-3-2-10-19(16)12-17(20)18-11-13-4-5-13/h6-9,13,16H,2-5,10-12H2,1H3,(H,18,20). The molecule has 1 aliphatic carbocycles. The number of likely N-dealkylation sites (tertiary alicyclic amines) is 1. The molecular formula is C17H24N2O2. The number of ether oxygens (including phenoxy) is 1. The molecule has 21 heavy (non-hydrogen) atoms. The van der Waals surface area contributed by atoms with Crippen molar-refractivity contribution in [2.45, 2.75) is 31.7 Å². The van der Waals surface area contributed by atoms with Crippen LogP contribution >= 0.6 is 0 Å². The van der Waals surface area contributed by atoms with E-state index in [4.69, 9.17) is 4.74 Å². The number of benzene rings is 1. The number of hydrogen-bond donors (Lipinski definition) is 1. The molecule has 0 bridgehead atoms. The summed E-state index contributed by atoms with van der Waals surface area (Å²) in [5.74, 6) is 1.79. The lowest BCUT2D eigenvalue weighted by molar-refractivity contribution is -0.122. The van der Waals surface area contributed by atoms with Gasteiger partial charge < -0.3 is 10.1 Å². The van der Waals surface area contributed by atoms with Crippen LogP contribution in [-0.2, 0) is 4.79 Å². The number of hydrogen-bond acceptors (Lipinski definition) is 3. The molecule has 1 aliphatic heterocycles.